The van der Waals surface area contributed by atoms with Gasteiger partial charge in [0, 0.05) is 5.57 Å². The number of rotatable bonds is 3. The predicted octanol–water partition coefficient (Wildman–Crippen LogP) is 1.76. The summed E-state index contributed by atoms with van der Waals surface area (Å²) in [7, 11) is 0. The van der Waals surface area contributed by atoms with Crippen LogP contribution in [-0.4, -0.2) is 11.4 Å². The Labute approximate surface area is 60.2 Å². The van der Waals surface area contributed by atoms with E-state index in [2.05, 4.69) is 6.58 Å². The molecule has 0 aromatic rings. The highest BCUT2D eigenvalue weighted by molar-refractivity contribution is 5.77. The Balaban J connectivity index is 4.36. The second-order valence-corrected chi connectivity index (χ2v) is 1.68. The van der Waals surface area contributed by atoms with Gasteiger partial charge in [-0.05, 0) is 19.1 Å². The van der Waals surface area contributed by atoms with Gasteiger partial charge in [0.25, 0.3) is 0 Å². The summed E-state index contributed by atoms with van der Waals surface area (Å²) in [6.45, 7) is 5.04. The van der Waals surface area contributed by atoms with Crippen LogP contribution in [0.15, 0.2) is 36.1 Å². The van der Waals surface area contributed by atoms with Crippen molar-refractivity contribution in [2.24, 2.45) is 0 Å². The maximum Gasteiger partial charge on any atom is 0.149 e. The van der Waals surface area contributed by atoms with Gasteiger partial charge in [-0.1, -0.05) is 12.7 Å². The topological polar surface area (TPSA) is 37.3 Å². The predicted molar refractivity (Wildman–Crippen MR) is 40.7 cm³/mol. The Morgan fingerprint density at radius 2 is 2.20 bits per heavy atom. The van der Waals surface area contributed by atoms with Gasteiger partial charge >= 0.3 is 0 Å². The molecule has 0 saturated carbocycles. The lowest BCUT2D eigenvalue weighted by atomic mass is 10.2. The lowest BCUT2D eigenvalue weighted by Crippen LogP contribution is -1.80. The van der Waals surface area contributed by atoms with Gasteiger partial charge in [-0.15, -0.1) is 0 Å². The Kier molecular flexibility index (Phi) is 3.96. The smallest absolute Gasteiger partial charge is 0.149 e. The third-order valence-corrected chi connectivity index (χ3v) is 0.993. The zero-order chi connectivity index (χ0) is 7.98. The minimum absolute atomic E-state index is 0.000185. The zero-order valence-electron chi connectivity index (χ0n) is 5.87. The molecule has 2 nitrogen and oxygen atoms in total. The van der Waals surface area contributed by atoms with Crippen molar-refractivity contribution in [2.75, 3.05) is 0 Å². The number of aliphatic hydroxyl groups is 1. The highest BCUT2D eigenvalue weighted by atomic mass is 16.3. The molecule has 0 amide bonds. The van der Waals surface area contributed by atoms with E-state index in [1.165, 1.54) is 12.2 Å². The van der Waals surface area contributed by atoms with Crippen molar-refractivity contribution in [3.63, 3.8) is 0 Å². The third kappa shape index (κ3) is 2.87. The number of hydrogen-bond donors (Lipinski definition) is 1. The summed E-state index contributed by atoms with van der Waals surface area (Å²) in [5.41, 5.74) is 0.442. The Bertz CT molecular complexity index is 187. The number of aldehydes is 1. The van der Waals surface area contributed by atoms with Crippen LogP contribution < -0.4 is 0 Å². The molecular formula is C8H10O2. The minimum atomic E-state index is 0.000185. The molecule has 0 aliphatic carbocycles. The SMILES string of the molecule is C=C/C(O)=C\C(C=O)=C/C. The van der Waals surface area contributed by atoms with Gasteiger partial charge in [0.15, 0.2) is 0 Å². The summed E-state index contributed by atoms with van der Waals surface area (Å²) in [4.78, 5) is 10.1. The van der Waals surface area contributed by atoms with E-state index in [0.717, 1.165) is 0 Å². The third-order valence-electron chi connectivity index (χ3n) is 0.993. The summed E-state index contributed by atoms with van der Waals surface area (Å²) in [6.07, 6.45) is 4.89. The van der Waals surface area contributed by atoms with Gasteiger partial charge in [0.2, 0.25) is 0 Å². The molecule has 0 aliphatic rings. The molecule has 2 heteroatoms. The molecule has 0 saturated heterocycles. The lowest BCUT2D eigenvalue weighted by molar-refractivity contribution is -0.104. The van der Waals surface area contributed by atoms with Crippen molar-refractivity contribution < 1.29 is 9.90 Å². The van der Waals surface area contributed by atoms with Crippen LogP contribution in [-0.2, 0) is 4.79 Å². The molecule has 1 N–H and O–H groups in total. The summed E-state index contributed by atoms with van der Waals surface area (Å²) in [5.74, 6) is 0.000185. The second kappa shape index (κ2) is 4.56. The van der Waals surface area contributed by atoms with Gasteiger partial charge in [-0.25, -0.2) is 0 Å². The average Bonchev–Trinajstić information content (AvgIpc) is 1.99. The van der Waals surface area contributed by atoms with Crippen LogP contribution in [0.4, 0.5) is 0 Å². The first-order chi connectivity index (χ1) is 4.74. The van der Waals surface area contributed by atoms with Crippen molar-refractivity contribution in [3.8, 4) is 0 Å². The Morgan fingerprint density at radius 1 is 1.60 bits per heavy atom. The summed E-state index contributed by atoms with van der Waals surface area (Å²) >= 11 is 0. The van der Waals surface area contributed by atoms with Crippen LogP contribution in [0.25, 0.3) is 0 Å². The van der Waals surface area contributed by atoms with Gasteiger partial charge in [-0.2, -0.15) is 0 Å². The normalized spacial score (nSPS) is 12.9. The van der Waals surface area contributed by atoms with Crippen molar-refractivity contribution in [2.45, 2.75) is 6.92 Å². The molecule has 0 unspecified atom stereocenters. The summed E-state index contributed by atoms with van der Waals surface area (Å²) in [5, 5.41) is 8.83. The maximum absolute atomic E-state index is 10.1. The summed E-state index contributed by atoms with van der Waals surface area (Å²) < 4.78 is 0. The van der Waals surface area contributed by atoms with Crippen LogP contribution >= 0.6 is 0 Å². The number of allylic oxidation sites excluding steroid dienone is 4. The molecule has 0 aromatic heterocycles. The molecule has 0 aromatic carbocycles. The summed E-state index contributed by atoms with van der Waals surface area (Å²) in [6, 6.07) is 0. The number of hydrogen-bond acceptors (Lipinski definition) is 2. The molecule has 0 aliphatic heterocycles. The fourth-order valence-electron chi connectivity index (χ4n) is 0.415. The first-order valence-electron chi connectivity index (χ1n) is 2.89. The van der Waals surface area contributed by atoms with Gasteiger partial charge in [-0.3, -0.25) is 4.79 Å². The molecule has 0 fully saturated rings. The van der Waals surface area contributed by atoms with Gasteiger partial charge < -0.3 is 5.11 Å². The van der Waals surface area contributed by atoms with Crippen LogP contribution in [0, 0.1) is 0 Å². The number of aliphatic hydroxyl groups excluding tert-OH is 1. The molecular weight excluding hydrogens is 128 g/mol. The molecule has 0 spiro atoms. The van der Waals surface area contributed by atoms with E-state index in [4.69, 9.17) is 5.11 Å². The molecule has 54 valence electrons. The largest absolute Gasteiger partial charge is 0.508 e. The monoisotopic (exact) mass is 138 g/mol. The van der Waals surface area contributed by atoms with Crippen molar-refractivity contribution in [3.05, 3.63) is 36.1 Å². The van der Waals surface area contributed by atoms with E-state index in [9.17, 15) is 4.79 Å². The average molecular weight is 138 g/mol. The molecule has 0 heterocycles. The fourth-order valence-corrected chi connectivity index (χ4v) is 0.415. The second-order valence-electron chi connectivity index (χ2n) is 1.68. The van der Waals surface area contributed by atoms with Crippen LogP contribution in [0.3, 0.4) is 0 Å². The molecule has 0 bridgehead atoms. The van der Waals surface area contributed by atoms with E-state index in [1.807, 2.05) is 0 Å². The van der Waals surface area contributed by atoms with E-state index >= 15 is 0 Å². The van der Waals surface area contributed by atoms with E-state index in [-0.39, 0.29) is 5.76 Å². The van der Waals surface area contributed by atoms with E-state index in [1.54, 1.807) is 13.0 Å². The quantitative estimate of drug-likeness (QED) is 0.279. The van der Waals surface area contributed by atoms with Crippen molar-refractivity contribution >= 4 is 6.29 Å². The minimum Gasteiger partial charge on any atom is -0.508 e. The fraction of sp³-hybridized carbons (Fsp3) is 0.125. The zero-order valence-corrected chi connectivity index (χ0v) is 5.87. The Morgan fingerprint density at radius 3 is 2.50 bits per heavy atom. The molecule has 10 heavy (non-hydrogen) atoms. The molecule has 0 atom stereocenters. The first kappa shape index (κ1) is 8.69. The van der Waals surface area contributed by atoms with Crippen LogP contribution in [0.1, 0.15) is 6.92 Å². The van der Waals surface area contributed by atoms with Gasteiger partial charge in [0.1, 0.15) is 12.0 Å². The number of carbonyl (C=O) groups excluding carboxylic acids is 1. The molecule has 0 radical (unpaired) electrons. The van der Waals surface area contributed by atoms with Crippen LogP contribution in [0.2, 0.25) is 0 Å². The first-order valence-corrected chi connectivity index (χ1v) is 2.89. The highest BCUT2D eigenvalue weighted by Gasteiger charge is 1.88. The van der Waals surface area contributed by atoms with Crippen molar-refractivity contribution in [1.82, 2.24) is 0 Å². The molecule has 0 rings (SSSR count). The number of carbonyl (C=O) groups is 1. The van der Waals surface area contributed by atoms with Crippen LogP contribution in [0.5, 0.6) is 0 Å². The lowest BCUT2D eigenvalue weighted by Gasteiger charge is -1.88. The van der Waals surface area contributed by atoms with Crippen molar-refractivity contribution in [1.29, 1.82) is 0 Å². The maximum atomic E-state index is 10.1. The highest BCUT2D eigenvalue weighted by Crippen LogP contribution is 1.97. The van der Waals surface area contributed by atoms with E-state index < -0.39 is 0 Å². The Hall–Kier alpha value is -1.31. The van der Waals surface area contributed by atoms with E-state index in [0.29, 0.717) is 11.9 Å². The standard InChI is InChI=1S/C8H10O2/c1-3-7(6-9)5-8(10)4-2/h3-6,10H,2H2,1H3/b7-3+,8-5+. The van der Waals surface area contributed by atoms with Gasteiger partial charge in [0.05, 0.1) is 0 Å².